The van der Waals surface area contributed by atoms with Crippen LogP contribution in [0.25, 0.3) is 0 Å². The summed E-state index contributed by atoms with van der Waals surface area (Å²) in [5.41, 5.74) is 0.608. The predicted molar refractivity (Wildman–Crippen MR) is 109 cm³/mol. The molecule has 1 aliphatic carbocycles. The largest absolute Gasteiger partial charge is 0.336 e. The Bertz CT molecular complexity index is 896. The first-order valence-electron chi connectivity index (χ1n) is 9.64. The smallest absolute Gasteiger partial charge is 0.259 e. The van der Waals surface area contributed by atoms with Crippen molar-refractivity contribution in [2.24, 2.45) is 5.92 Å². The van der Waals surface area contributed by atoms with Gasteiger partial charge in [-0.15, -0.1) is 0 Å². The van der Waals surface area contributed by atoms with Crippen LogP contribution in [0.4, 0.5) is 18.9 Å². The van der Waals surface area contributed by atoms with Gasteiger partial charge in [-0.3, -0.25) is 19.0 Å². The van der Waals surface area contributed by atoms with Gasteiger partial charge in [0, 0.05) is 61.4 Å². The number of carbonyl (C=O) groups excluding carboxylic acids is 1. The van der Waals surface area contributed by atoms with Crippen LogP contribution in [0.5, 0.6) is 0 Å². The first kappa shape index (κ1) is 22.5. The van der Waals surface area contributed by atoms with Crippen LogP contribution in [0.1, 0.15) is 30.6 Å². The van der Waals surface area contributed by atoms with E-state index in [0.717, 1.165) is 0 Å². The van der Waals surface area contributed by atoms with E-state index in [1.54, 1.807) is 24.0 Å². The average Bonchev–Trinajstić information content (AvgIpc) is 2.72. The highest BCUT2D eigenvalue weighted by Gasteiger charge is 2.34. The molecule has 1 saturated heterocycles. The highest BCUT2D eigenvalue weighted by Crippen LogP contribution is 2.39. The maximum absolute atomic E-state index is 14.4. The van der Waals surface area contributed by atoms with Gasteiger partial charge < -0.3 is 4.90 Å². The van der Waals surface area contributed by atoms with E-state index in [2.05, 4.69) is 4.72 Å². The van der Waals surface area contributed by atoms with E-state index >= 15 is 0 Å². The molecule has 1 heterocycles. The van der Waals surface area contributed by atoms with Crippen LogP contribution in [0, 0.1) is 5.92 Å². The molecular weight excluding hydrogens is 419 g/mol. The van der Waals surface area contributed by atoms with Gasteiger partial charge in [0.2, 0.25) is 0 Å². The zero-order valence-corrected chi connectivity index (χ0v) is 17.5. The summed E-state index contributed by atoms with van der Waals surface area (Å²) in [5.74, 6) is -3.63. The molecule has 1 fully saturated rings. The van der Waals surface area contributed by atoms with Gasteiger partial charge in [-0.2, -0.15) is 0 Å². The Hall–Kier alpha value is -2.17. The number of rotatable bonds is 5. The highest BCUT2D eigenvalue weighted by atomic mass is 32.2. The number of nitrogens with zero attached hydrogens (tertiary/aromatic N) is 2. The normalized spacial score (nSPS) is 22.9. The summed E-state index contributed by atoms with van der Waals surface area (Å²) in [5, 5.41) is 0. The van der Waals surface area contributed by atoms with Crippen LogP contribution < -0.4 is 4.72 Å². The van der Waals surface area contributed by atoms with Gasteiger partial charge in [0.15, 0.2) is 5.83 Å². The monoisotopic (exact) mass is 443 g/mol. The minimum absolute atomic E-state index is 0.147. The van der Waals surface area contributed by atoms with Gasteiger partial charge >= 0.3 is 0 Å². The zero-order chi connectivity index (χ0) is 22.0. The van der Waals surface area contributed by atoms with Gasteiger partial charge in [-0.1, -0.05) is 6.92 Å². The molecule has 3 unspecified atom stereocenters. The number of halogens is 3. The third-order valence-corrected chi connectivity index (χ3v) is 5.97. The summed E-state index contributed by atoms with van der Waals surface area (Å²) in [6.45, 7) is 4.62. The van der Waals surface area contributed by atoms with Crippen LogP contribution in [0.2, 0.25) is 0 Å². The molecule has 0 saturated carbocycles. The number of benzene rings is 1. The molecule has 2 N–H and O–H groups in total. The summed E-state index contributed by atoms with van der Waals surface area (Å²) < 4.78 is 64.6. The Morgan fingerprint density at radius 3 is 2.33 bits per heavy atom. The van der Waals surface area contributed by atoms with Crippen LogP contribution in [0.15, 0.2) is 47.3 Å². The molecule has 1 amide bonds. The summed E-state index contributed by atoms with van der Waals surface area (Å²) in [6.07, 6.45) is -0.147. The lowest BCUT2D eigenvalue weighted by molar-refractivity contribution is 0.0602. The lowest BCUT2D eigenvalue weighted by Gasteiger charge is -2.39. The highest BCUT2D eigenvalue weighted by molar-refractivity contribution is 7.80. The fourth-order valence-electron chi connectivity index (χ4n) is 3.80. The summed E-state index contributed by atoms with van der Waals surface area (Å²) in [4.78, 5) is 16.2. The second-order valence-electron chi connectivity index (χ2n) is 7.52. The van der Waals surface area contributed by atoms with Crippen molar-refractivity contribution in [3.05, 3.63) is 52.9 Å². The van der Waals surface area contributed by atoms with E-state index in [1.807, 2.05) is 4.90 Å². The molecule has 0 bridgehead atoms. The van der Waals surface area contributed by atoms with Crippen LogP contribution in [0.3, 0.4) is 0 Å². The van der Waals surface area contributed by atoms with Gasteiger partial charge in [0.1, 0.15) is 11.7 Å². The molecule has 1 aliphatic heterocycles. The molecular formula is C20H24F3N3O3S. The van der Waals surface area contributed by atoms with Crippen molar-refractivity contribution in [1.82, 2.24) is 9.80 Å². The van der Waals surface area contributed by atoms with Crippen molar-refractivity contribution in [2.45, 2.75) is 26.3 Å². The van der Waals surface area contributed by atoms with E-state index < -0.39 is 40.7 Å². The third-order valence-electron chi connectivity index (χ3n) is 5.56. The fraction of sp³-hybridized carbons (Fsp3) is 0.450. The summed E-state index contributed by atoms with van der Waals surface area (Å²) >= 11 is -2.19. The standard InChI is InChI=1S/C20H24F3N3O3S/c1-12-11-16(21)17(19(23)18(12)22)13(2)25-7-9-26(10-8-25)20(27)14-3-5-15(6-4-14)24-30(28)29/h3-6,12-13,24H,7-11H2,1-2H3,(H,28,29). The molecule has 30 heavy (non-hydrogen) atoms. The minimum atomic E-state index is -2.19. The van der Waals surface area contributed by atoms with Crippen molar-refractivity contribution in [3.8, 4) is 0 Å². The number of hydrogen-bond acceptors (Lipinski definition) is 3. The van der Waals surface area contributed by atoms with Gasteiger partial charge in [-0.05, 0) is 31.2 Å². The molecule has 3 rings (SSSR count). The molecule has 2 aliphatic rings. The molecule has 1 aromatic rings. The minimum Gasteiger partial charge on any atom is -0.336 e. The molecule has 164 valence electrons. The number of piperazine rings is 1. The van der Waals surface area contributed by atoms with Crippen LogP contribution in [-0.4, -0.2) is 56.7 Å². The molecule has 3 atom stereocenters. The van der Waals surface area contributed by atoms with Gasteiger partial charge in [0.25, 0.3) is 17.2 Å². The fourth-order valence-corrected chi connectivity index (χ4v) is 4.14. The molecule has 10 heteroatoms. The first-order valence-corrected chi connectivity index (χ1v) is 10.7. The molecule has 1 aromatic carbocycles. The second-order valence-corrected chi connectivity index (χ2v) is 8.22. The molecule has 0 spiro atoms. The van der Waals surface area contributed by atoms with Crippen molar-refractivity contribution < 1.29 is 26.7 Å². The number of amides is 1. The average molecular weight is 443 g/mol. The van der Waals surface area contributed by atoms with Crippen molar-refractivity contribution >= 4 is 22.9 Å². The Kier molecular flexibility index (Phi) is 6.99. The Morgan fingerprint density at radius 1 is 1.17 bits per heavy atom. The maximum atomic E-state index is 14.4. The first-order chi connectivity index (χ1) is 14.2. The zero-order valence-electron chi connectivity index (χ0n) is 16.7. The number of anilines is 1. The Morgan fingerprint density at radius 2 is 1.77 bits per heavy atom. The Labute approximate surface area is 175 Å². The van der Waals surface area contributed by atoms with Crippen molar-refractivity contribution in [1.29, 1.82) is 0 Å². The lowest BCUT2D eigenvalue weighted by atomic mass is 9.91. The van der Waals surface area contributed by atoms with Gasteiger partial charge in [-0.25, -0.2) is 17.4 Å². The lowest BCUT2D eigenvalue weighted by Crippen LogP contribution is -2.52. The molecule has 6 nitrogen and oxygen atoms in total. The SMILES string of the molecule is CC1CC(F)=C(C(C)N2CCN(C(=O)c3ccc(NS(=O)O)cc3)CC2)C(F)=C1F. The van der Waals surface area contributed by atoms with E-state index in [1.165, 1.54) is 19.1 Å². The van der Waals surface area contributed by atoms with Crippen LogP contribution in [-0.2, 0) is 11.3 Å². The van der Waals surface area contributed by atoms with Crippen LogP contribution >= 0.6 is 0 Å². The van der Waals surface area contributed by atoms with E-state index in [9.17, 15) is 22.2 Å². The third kappa shape index (κ3) is 4.76. The number of nitrogens with one attached hydrogen (secondary N) is 1. The van der Waals surface area contributed by atoms with Gasteiger partial charge in [0.05, 0.1) is 0 Å². The van der Waals surface area contributed by atoms with E-state index in [4.69, 9.17) is 4.55 Å². The number of allylic oxidation sites excluding steroid dienone is 2. The van der Waals surface area contributed by atoms with Crippen molar-refractivity contribution in [2.75, 3.05) is 30.9 Å². The Balaban J connectivity index is 1.62. The molecule has 0 aromatic heterocycles. The number of carbonyl (C=O) groups is 1. The quantitative estimate of drug-likeness (QED) is 0.679. The topological polar surface area (TPSA) is 72.9 Å². The predicted octanol–water partition coefficient (Wildman–Crippen LogP) is 3.80. The van der Waals surface area contributed by atoms with Crippen molar-refractivity contribution in [3.63, 3.8) is 0 Å². The summed E-state index contributed by atoms with van der Waals surface area (Å²) in [7, 11) is 0. The van der Waals surface area contributed by atoms with E-state index in [0.29, 0.717) is 37.4 Å². The number of hydrogen-bond donors (Lipinski definition) is 2. The van der Waals surface area contributed by atoms with E-state index in [-0.39, 0.29) is 17.9 Å². The maximum Gasteiger partial charge on any atom is 0.259 e. The second kappa shape index (κ2) is 9.32. The molecule has 0 radical (unpaired) electrons. The summed E-state index contributed by atoms with van der Waals surface area (Å²) in [6, 6.07) is 5.54.